The van der Waals surface area contributed by atoms with Crippen LogP contribution in [-0.4, -0.2) is 64.1 Å². The third-order valence-corrected chi connectivity index (χ3v) is 5.12. The highest BCUT2D eigenvalue weighted by Gasteiger charge is 2.32. The lowest BCUT2D eigenvalue weighted by molar-refractivity contribution is -0.137. The van der Waals surface area contributed by atoms with E-state index < -0.39 is 17.3 Å². The number of hydrogen-bond donors (Lipinski definition) is 2. The lowest BCUT2D eigenvalue weighted by atomic mass is 9.98. The summed E-state index contributed by atoms with van der Waals surface area (Å²) in [6.45, 7) is 2.54. The highest BCUT2D eigenvalue weighted by Crippen LogP contribution is 2.35. The molecule has 3 aromatic rings. The molecule has 10 heteroatoms. The largest absolute Gasteiger partial charge is 0.416 e. The zero-order valence-electron chi connectivity index (χ0n) is 15.5. The third-order valence-electron chi connectivity index (χ3n) is 5.12. The first-order valence-corrected chi connectivity index (χ1v) is 8.99. The average molecular weight is 405 g/mol. The van der Waals surface area contributed by atoms with E-state index in [0.717, 1.165) is 25.2 Å². The maximum absolute atomic E-state index is 13.3. The maximum Gasteiger partial charge on any atom is 0.416 e. The Hall–Kier alpha value is -3.14. The lowest BCUT2D eigenvalue weighted by Crippen LogP contribution is -2.47. The molecule has 0 atom stereocenters. The number of halogens is 3. The summed E-state index contributed by atoms with van der Waals surface area (Å²) in [5, 5.41) is 6.68. The fraction of sp³-hybridized carbons (Fsp3) is 0.316. The molecule has 29 heavy (non-hydrogen) atoms. The number of nitrogens with one attached hydrogen (secondary N) is 2. The number of H-pyrrole nitrogens is 2. The van der Waals surface area contributed by atoms with Crippen molar-refractivity contribution in [1.29, 1.82) is 0 Å². The Balaban J connectivity index is 1.80. The zero-order chi connectivity index (χ0) is 20.8. The molecule has 0 spiro atoms. The van der Waals surface area contributed by atoms with Crippen LogP contribution in [0.15, 0.2) is 35.4 Å². The first kappa shape index (κ1) is 19.2. The van der Waals surface area contributed by atoms with E-state index in [1.165, 1.54) is 18.5 Å². The van der Waals surface area contributed by atoms with Crippen LogP contribution in [0.3, 0.4) is 0 Å². The van der Waals surface area contributed by atoms with Crippen LogP contribution in [0, 0.1) is 0 Å². The Morgan fingerprint density at radius 3 is 2.52 bits per heavy atom. The van der Waals surface area contributed by atoms with Gasteiger partial charge in [-0.3, -0.25) is 14.7 Å². The number of amides is 1. The fourth-order valence-corrected chi connectivity index (χ4v) is 3.44. The summed E-state index contributed by atoms with van der Waals surface area (Å²) in [6.07, 6.45) is -1.93. The van der Waals surface area contributed by atoms with E-state index in [1.54, 1.807) is 4.90 Å². The number of rotatable bonds is 2. The third kappa shape index (κ3) is 3.63. The van der Waals surface area contributed by atoms with E-state index in [0.29, 0.717) is 18.5 Å². The number of likely N-dealkylation sites (N-methyl/N-ethyl adjacent to an activating group) is 1. The van der Waals surface area contributed by atoms with Gasteiger partial charge in [-0.15, -0.1) is 0 Å². The average Bonchev–Trinajstić information content (AvgIpc) is 3.16. The van der Waals surface area contributed by atoms with Crippen molar-refractivity contribution < 1.29 is 18.0 Å². The predicted octanol–water partition coefficient (Wildman–Crippen LogP) is 2.32. The molecule has 0 saturated carbocycles. The summed E-state index contributed by atoms with van der Waals surface area (Å²) >= 11 is 0. The van der Waals surface area contributed by atoms with Crippen LogP contribution in [0.25, 0.3) is 22.0 Å². The number of nitrogens with zero attached hydrogens (tertiary/aromatic N) is 3. The molecule has 0 unspecified atom stereocenters. The number of pyridine rings is 1. The molecule has 1 saturated heterocycles. The number of benzene rings is 1. The van der Waals surface area contributed by atoms with Crippen LogP contribution in [0.2, 0.25) is 0 Å². The first-order valence-electron chi connectivity index (χ1n) is 8.99. The minimum Gasteiger partial charge on any atom is -0.336 e. The number of hydrogen-bond acceptors (Lipinski definition) is 4. The number of carbonyl (C=O) groups excluding carboxylic acids is 1. The number of aromatic amines is 2. The number of aromatic nitrogens is 3. The molecule has 1 aliphatic rings. The molecule has 1 fully saturated rings. The van der Waals surface area contributed by atoms with Gasteiger partial charge in [0, 0.05) is 43.3 Å². The van der Waals surface area contributed by atoms with Crippen molar-refractivity contribution in [2.75, 3.05) is 33.2 Å². The van der Waals surface area contributed by atoms with Gasteiger partial charge in [0.05, 0.1) is 22.8 Å². The van der Waals surface area contributed by atoms with Gasteiger partial charge < -0.3 is 14.8 Å². The molecule has 0 bridgehead atoms. The topological polar surface area (TPSA) is 85.1 Å². The molecule has 152 valence electrons. The Morgan fingerprint density at radius 1 is 1.10 bits per heavy atom. The number of alkyl halides is 3. The quantitative estimate of drug-likeness (QED) is 0.685. The summed E-state index contributed by atoms with van der Waals surface area (Å²) in [7, 11) is 1.96. The number of carbonyl (C=O) groups is 1. The van der Waals surface area contributed by atoms with Crippen LogP contribution in [0.5, 0.6) is 0 Å². The van der Waals surface area contributed by atoms with Crippen LogP contribution >= 0.6 is 0 Å². The maximum atomic E-state index is 13.3. The number of piperazine rings is 1. The van der Waals surface area contributed by atoms with E-state index >= 15 is 0 Å². The van der Waals surface area contributed by atoms with Gasteiger partial charge in [-0.1, -0.05) is 0 Å². The molecule has 1 amide bonds. The van der Waals surface area contributed by atoms with Crippen LogP contribution < -0.4 is 5.56 Å². The number of fused-ring (bicyclic) bond motifs is 1. The van der Waals surface area contributed by atoms with Crippen LogP contribution in [0.4, 0.5) is 13.2 Å². The summed E-state index contributed by atoms with van der Waals surface area (Å²) in [5.74, 6) is -0.272. The molecule has 2 N–H and O–H groups in total. The van der Waals surface area contributed by atoms with Crippen molar-refractivity contribution in [3.05, 3.63) is 52.1 Å². The van der Waals surface area contributed by atoms with Gasteiger partial charge >= 0.3 is 6.18 Å². The monoisotopic (exact) mass is 405 g/mol. The molecular formula is C19H18F3N5O2. The van der Waals surface area contributed by atoms with Crippen molar-refractivity contribution >= 4 is 16.8 Å². The Labute approximate surface area is 163 Å². The zero-order valence-corrected chi connectivity index (χ0v) is 15.5. The first-order chi connectivity index (χ1) is 13.7. The van der Waals surface area contributed by atoms with Gasteiger partial charge in [-0.05, 0) is 30.8 Å². The Morgan fingerprint density at radius 2 is 1.83 bits per heavy atom. The van der Waals surface area contributed by atoms with Crippen LogP contribution in [0.1, 0.15) is 15.9 Å². The van der Waals surface area contributed by atoms with Crippen molar-refractivity contribution in [2.45, 2.75) is 6.18 Å². The molecule has 1 aromatic carbocycles. The summed E-state index contributed by atoms with van der Waals surface area (Å²) < 4.78 is 39.9. The lowest BCUT2D eigenvalue weighted by Gasteiger charge is -2.32. The van der Waals surface area contributed by atoms with E-state index in [1.807, 2.05) is 7.05 Å². The van der Waals surface area contributed by atoms with Crippen molar-refractivity contribution in [3.8, 4) is 11.1 Å². The van der Waals surface area contributed by atoms with Gasteiger partial charge in [0.2, 0.25) is 0 Å². The fourth-order valence-electron chi connectivity index (χ4n) is 3.44. The molecule has 1 aliphatic heterocycles. The van der Waals surface area contributed by atoms with E-state index in [4.69, 9.17) is 0 Å². The molecule has 0 aliphatic carbocycles. The van der Waals surface area contributed by atoms with Gasteiger partial charge in [-0.25, -0.2) is 0 Å². The smallest absolute Gasteiger partial charge is 0.336 e. The van der Waals surface area contributed by atoms with E-state index in [9.17, 15) is 22.8 Å². The Kier molecular flexibility index (Phi) is 4.65. The second-order valence-electron chi connectivity index (χ2n) is 7.08. The standard InChI is InChI=1S/C19H18F3N5O2/c1-26-2-4-27(5-3-26)18(29)11-6-14(17(28)23-9-11)13-7-12(19(20,21)22)8-16-15(13)10-24-25-16/h6-10H,2-5H2,1H3,(H,23,28)(H,24,25). The van der Waals surface area contributed by atoms with E-state index in [2.05, 4.69) is 20.1 Å². The molecule has 4 rings (SSSR count). The highest BCUT2D eigenvalue weighted by atomic mass is 19.4. The van der Waals surface area contributed by atoms with Crippen molar-refractivity contribution in [2.24, 2.45) is 0 Å². The van der Waals surface area contributed by atoms with Gasteiger partial charge in [0.1, 0.15) is 0 Å². The summed E-state index contributed by atoms with van der Waals surface area (Å²) in [6, 6.07) is 3.20. The SMILES string of the molecule is CN1CCN(C(=O)c2c[nH]c(=O)c(-c3cc(C(F)(F)F)cc4[nH]ncc34)c2)CC1. The molecule has 3 heterocycles. The minimum absolute atomic E-state index is 0.0116. The van der Waals surface area contributed by atoms with Crippen molar-refractivity contribution in [3.63, 3.8) is 0 Å². The van der Waals surface area contributed by atoms with Gasteiger partial charge in [0.25, 0.3) is 11.5 Å². The molecule has 7 nitrogen and oxygen atoms in total. The second-order valence-corrected chi connectivity index (χ2v) is 7.08. The highest BCUT2D eigenvalue weighted by molar-refractivity contribution is 5.98. The molecular weight excluding hydrogens is 387 g/mol. The summed E-state index contributed by atoms with van der Waals surface area (Å²) in [5.41, 5.74) is -1.05. The van der Waals surface area contributed by atoms with Crippen molar-refractivity contribution in [1.82, 2.24) is 25.0 Å². The van der Waals surface area contributed by atoms with E-state index in [-0.39, 0.29) is 28.1 Å². The normalized spacial score (nSPS) is 15.8. The Bertz CT molecular complexity index is 1130. The second kappa shape index (κ2) is 7.03. The van der Waals surface area contributed by atoms with Gasteiger partial charge in [0.15, 0.2) is 0 Å². The summed E-state index contributed by atoms with van der Waals surface area (Å²) in [4.78, 5) is 31.5. The predicted molar refractivity (Wildman–Crippen MR) is 101 cm³/mol. The van der Waals surface area contributed by atoms with Crippen LogP contribution in [-0.2, 0) is 6.18 Å². The van der Waals surface area contributed by atoms with Gasteiger partial charge in [-0.2, -0.15) is 18.3 Å². The molecule has 2 aromatic heterocycles. The molecule has 0 radical (unpaired) electrons. The minimum atomic E-state index is -4.59.